The molecule has 0 heterocycles. The van der Waals surface area contributed by atoms with E-state index in [1.54, 1.807) is 6.08 Å². The number of esters is 1. The van der Waals surface area contributed by atoms with Crippen LogP contribution in [0, 0.1) is 11.8 Å². The minimum atomic E-state index is -0.350. The van der Waals surface area contributed by atoms with Crippen LogP contribution >= 0.6 is 0 Å². The third-order valence-corrected chi connectivity index (χ3v) is 1.86. The van der Waals surface area contributed by atoms with Crippen LogP contribution in [0.3, 0.4) is 0 Å². The van der Waals surface area contributed by atoms with E-state index in [0.717, 1.165) is 6.29 Å². The Morgan fingerprint density at radius 2 is 2.45 bits per heavy atom. The summed E-state index contributed by atoms with van der Waals surface area (Å²) in [6.45, 7) is 0. The monoisotopic (exact) mass is 154 g/mol. The molecule has 0 unspecified atom stereocenters. The van der Waals surface area contributed by atoms with Crippen LogP contribution in [-0.2, 0) is 14.3 Å². The van der Waals surface area contributed by atoms with Crippen molar-refractivity contribution in [3.63, 3.8) is 0 Å². The zero-order chi connectivity index (χ0) is 8.27. The number of allylic oxidation sites excluding steroid dienone is 1. The van der Waals surface area contributed by atoms with Crippen LogP contribution in [0.4, 0.5) is 0 Å². The van der Waals surface area contributed by atoms with Gasteiger partial charge in [0.05, 0.1) is 13.0 Å². The molecule has 11 heavy (non-hydrogen) atoms. The van der Waals surface area contributed by atoms with Gasteiger partial charge in [-0.2, -0.15) is 0 Å². The molecular formula is C8H10O3. The molecule has 1 aliphatic carbocycles. The lowest BCUT2D eigenvalue weighted by atomic mass is 9.98. The highest BCUT2D eigenvalue weighted by molar-refractivity contribution is 5.79. The Hall–Kier alpha value is -1.12. The van der Waals surface area contributed by atoms with E-state index in [2.05, 4.69) is 4.74 Å². The molecule has 3 heteroatoms. The van der Waals surface area contributed by atoms with E-state index in [-0.39, 0.29) is 17.8 Å². The summed E-state index contributed by atoms with van der Waals surface area (Å²) in [5.41, 5.74) is 0. The van der Waals surface area contributed by atoms with E-state index < -0.39 is 0 Å². The molecule has 0 aromatic rings. The SMILES string of the molecule is COC(=O)[C@H]1C=CC[C@@H]1C=O. The molecule has 1 rings (SSSR count). The Kier molecular flexibility index (Phi) is 2.41. The molecule has 0 spiro atoms. The minimum Gasteiger partial charge on any atom is -0.469 e. The van der Waals surface area contributed by atoms with Gasteiger partial charge < -0.3 is 9.53 Å². The van der Waals surface area contributed by atoms with Gasteiger partial charge in [0.25, 0.3) is 0 Å². The summed E-state index contributed by atoms with van der Waals surface area (Å²) in [5, 5.41) is 0. The summed E-state index contributed by atoms with van der Waals surface area (Å²) in [7, 11) is 1.33. The van der Waals surface area contributed by atoms with Crippen molar-refractivity contribution < 1.29 is 14.3 Å². The second-order valence-electron chi connectivity index (χ2n) is 2.51. The fourth-order valence-electron chi connectivity index (χ4n) is 1.20. The van der Waals surface area contributed by atoms with Gasteiger partial charge in [0.15, 0.2) is 0 Å². The first-order chi connectivity index (χ1) is 5.29. The van der Waals surface area contributed by atoms with E-state index in [1.807, 2.05) is 6.08 Å². The maximum atomic E-state index is 11.0. The van der Waals surface area contributed by atoms with Gasteiger partial charge in [0, 0.05) is 5.92 Å². The molecule has 2 atom stereocenters. The largest absolute Gasteiger partial charge is 0.469 e. The average molecular weight is 154 g/mol. The highest BCUT2D eigenvalue weighted by Crippen LogP contribution is 2.23. The number of ether oxygens (including phenoxy) is 1. The molecule has 0 fully saturated rings. The van der Waals surface area contributed by atoms with Crippen molar-refractivity contribution in [2.45, 2.75) is 6.42 Å². The predicted octanol–water partition coefficient (Wildman–Crippen LogP) is 0.551. The number of methoxy groups -OCH3 is 1. The molecule has 0 N–H and O–H groups in total. The molecule has 0 saturated carbocycles. The van der Waals surface area contributed by atoms with Gasteiger partial charge in [-0.3, -0.25) is 4.79 Å². The fraction of sp³-hybridized carbons (Fsp3) is 0.500. The molecule has 0 aromatic heterocycles. The zero-order valence-electron chi connectivity index (χ0n) is 6.32. The molecule has 0 radical (unpaired) electrons. The normalized spacial score (nSPS) is 28.5. The van der Waals surface area contributed by atoms with Crippen molar-refractivity contribution in [2.24, 2.45) is 11.8 Å². The quantitative estimate of drug-likeness (QED) is 0.331. The Bertz CT molecular complexity index is 196. The number of carbonyl (C=O) groups is 2. The summed E-state index contributed by atoms with van der Waals surface area (Å²) >= 11 is 0. The van der Waals surface area contributed by atoms with Crippen LogP contribution in [0.25, 0.3) is 0 Å². The van der Waals surface area contributed by atoms with E-state index in [1.165, 1.54) is 7.11 Å². The number of hydrogen-bond donors (Lipinski definition) is 0. The number of carbonyl (C=O) groups excluding carboxylic acids is 2. The Morgan fingerprint density at radius 1 is 1.73 bits per heavy atom. The topological polar surface area (TPSA) is 43.4 Å². The summed E-state index contributed by atoms with van der Waals surface area (Å²) in [4.78, 5) is 21.3. The minimum absolute atomic E-state index is 0.206. The summed E-state index contributed by atoms with van der Waals surface area (Å²) in [6, 6.07) is 0. The molecule has 60 valence electrons. The molecular weight excluding hydrogens is 144 g/mol. The number of hydrogen-bond acceptors (Lipinski definition) is 3. The van der Waals surface area contributed by atoms with E-state index in [9.17, 15) is 9.59 Å². The maximum Gasteiger partial charge on any atom is 0.313 e. The van der Waals surface area contributed by atoms with Crippen molar-refractivity contribution in [3.05, 3.63) is 12.2 Å². The maximum absolute atomic E-state index is 11.0. The average Bonchev–Trinajstić information content (AvgIpc) is 2.50. The van der Waals surface area contributed by atoms with Crippen molar-refractivity contribution in [1.82, 2.24) is 0 Å². The molecule has 3 nitrogen and oxygen atoms in total. The predicted molar refractivity (Wildman–Crippen MR) is 38.8 cm³/mol. The Labute approximate surface area is 65.0 Å². The lowest BCUT2D eigenvalue weighted by Crippen LogP contribution is -2.20. The second kappa shape index (κ2) is 3.32. The second-order valence-corrected chi connectivity index (χ2v) is 2.51. The first-order valence-corrected chi connectivity index (χ1v) is 3.49. The molecule has 0 amide bonds. The summed E-state index contributed by atoms with van der Waals surface area (Å²) in [6.07, 6.45) is 5.02. The van der Waals surface area contributed by atoms with Crippen molar-refractivity contribution >= 4 is 12.3 Å². The third-order valence-electron chi connectivity index (χ3n) is 1.86. The van der Waals surface area contributed by atoms with Crippen LogP contribution in [-0.4, -0.2) is 19.4 Å². The highest BCUT2D eigenvalue weighted by Gasteiger charge is 2.29. The number of aldehydes is 1. The van der Waals surface area contributed by atoms with Crippen LogP contribution in [0.5, 0.6) is 0 Å². The van der Waals surface area contributed by atoms with Crippen molar-refractivity contribution in [3.8, 4) is 0 Å². The first-order valence-electron chi connectivity index (χ1n) is 3.49. The number of rotatable bonds is 2. The molecule has 0 saturated heterocycles. The van der Waals surface area contributed by atoms with Crippen molar-refractivity contribution in [1.29, 1.82) is 0 Å². The van der Waals surface area contributed by atoms with Crippen LogP contribution < -0.4 is 0 Å². The van der Waals surface area contributed by atoms with Crippen LogP contribution in [0.15, 0.2) is 12.2 Å². The van der Waals surface area contributed by atoms with Gasteiger partial charge in [-0.05, 0) is 6.42 Å². The van der Waals surface area contributed by atoms with Crippen LogP contribution in [0.1, 0.15) is 6.42 Å². The molecule has 0 aliphatic heterocycles. The Morgan fingerprint density at radius 3 is 3.00 bits per heavy atom. The zero-order valence-corrected chi connectivity index (χ0v) is 6.32. The highest BCUT2D eigenvalue weighted by atomic mass is 16.5. The van der Waals surface area contributed by atoms with Gasteiger partial charge in [-0.25, -0.2) is 0 Å². The van der Waals surface area contributed by atoms with E-state index in [0.29, 0.717) is 6.42 Å². The standard InChI is InChI=1S/C8H10O3/c1-11-8(10)7-4-2-3-6(7)5-9/h2,4-7H,3H2,1H3/t6-,7+/m1/s1. The van der Waals surface area contributed by atoms with Gasteiger partial charge in [0.1, 0.15) is 6.29 Å². The van der Waals surface area contributed by atoms with Gasteiger partial charge >= 0.3 is 5.97 Å². The van der Waals surface area contributed by atoms with E-state index in [4.69, 9.17) is 0 Å². The smallest absolute Gasteiger partial charge is 0.313 e. The van der Waals surface area contributed by atoms with E-state index >= 15 is 0 Å². The summed E-state index contributed by atoms with van der Waals surface area (Å²) < 4.78 is 4.52. The lowest BCUT2D eigenvalue weighted by molar-refractivity contribution is -0.146. The van der Waals surface area contributed by atoms with Crippen molar-refractivity contribution in [2.75, 3.05) is 7.11 Å². The molecule has 0 aromatic carbocycles. The first kappa shape index (κ1) is 7.98. The third kappa shape index (κ3) is 1.48. The van der Waals surface area contributed by atoms with Crippen LogP contribution in [0.2, 0.25) is 0 Å². The summed E-state index contributed by atoms with van der Waals surface area (Å²) in [5.74, 6) is -0.879. The molecule has 1 aliphatic rings. The molecule has 0 bridgehead atoms. The lowest BCUT2D eigenvalue weighted by Gasteiger charge is -2.09. The Balaban J connectivity index is 2.62. The fourth-order valence-corrected chi connectivity index (χ4v) is 1.20. The van der Waals surface area contributed by atoms with Gasteiger partial charge in [-0.1, -0.05) is 12.2 Å². The van der Waals surface area contributed by atoms with Gasteiger partial charge in [0.2, 0.25) is 0 Å². The van der Waals surface area contributed by atoms with Gasteiger partial charge in [-0.15, -0.1) is 0 Å².